The maximum Gasteiger partial charge on any atom is 0.321 e. The molecule has 2 aromatic carbocycles. The fourth-order valence-electron chi connectivity index (χ4n) is 6.33. The first-order valence-electron chi connectivity index (χ1n) is 13.6. The fourth-order valence-corrected chi connectivity index (χ4v) is 6.33. The zero-order chi connectivity index (χ0) is 26.5. The lowest BCUT2D eigenvalue weighted by atomic mass is 9.86. The van der Waals surface area contributed by atoms with E-state index in [1.54, 1.807) is 0 Å². The number of carboxylic acid groups (broad SMARTS) is 1. The summed E-state index contributed by atoms with van der Waals surface area (Å²) in [6.07, 6.45) is 2.69. The summed E-state index contributed by atoms with van der Waals surface area (Å²) in [5.74, 6) is -1.34. The molecule has 3 unspecified atom stereocenters. The third kappa shape index (κ3) is 6.95. The zero-order valence-corrected chi connectivity index (χ0v) is 21.9. The molecule has 4 atom stereocenters. The van der Waals surface area contributed by atoms with Gasteiger partial charge in [0.2, 0.25) is 0 Å². The molecule has 2 aliphatic rings. The Hall–Kier alpha value is -2.35. The maximum absolute atomic E-state index is 13.5. The van der Waals surface area contributed by atoms with Crippen molar-refractivity contribution in [2.75, 3.05) is 32.7 Å². The molecule has 37 heavy (non-hydrogen) atoms. The molecule has 0 saturated carbocycles. The van der Waals surface area contributed by atoms with E-state index in [0.29, 0.717) is 29.7 Å². The van der Waals surface area contributed by atoms with Crippen molar-refractivity contribution in [1.82, 2.24) is 9.80 Å². The van der Waals surface area contributed by atoms with Gasteiger partial charge in [0.15, 0.2) is 11.6 Å². The van der Waals surface area contributed by atoms with Gasteiger partial charge in [0.05, 0.1) is 6.10 Å². The molecule has 0 amide bonds. The largest absolute Gasteiger partial charge is 0.480 e. The van der Waals surface area contributed by atoms with Gasteiger partial charge in [-0.1, -0.05) is 50.2 Å². The second-order valence-electron chi connectivity index (χ2n) is 11.3. The van der Waals surface area contributed by atoms with Crippen LogP contribution in [0.25, 0.3) is 0 Å². The average molecular weight is 515 g/mol. The van der Waals surface area contributed by atoms with Gasteiger partial charge in [-0.05, 0) is 79.8 Å². The lowest BCUT2D eigenvalue weighted by molar-refractivity contribution is -0.144. The summed E-state index contributed by atoms with van der Waals surface area (Å²) < 4.78 is 26.7. The predicted octanol–water partition coefficient (Wildman–Crippen LogP) is 5.32. The molecule has 0 bridgehead atoms. The first-order chi connectivity index (χ1) is 17.7. The average Bonchev–Trinajstić information content (AvgIpc) is 3.27. The van der Waals surface area contributed by atoms with E-state index >= 15 is 0 Å². The SMILES string of the molecule is CC(C)[C@H](C(=O)O)N1CC(CN2CCC(CCC(O)c3ccc(F)c(F)c3)CC2)C(c2ccccc2)C1. The summed E-state index contributed by atoms with van der Waals surface area (Å²) in [6.45, 7) is 8.44. The number of likely N-dealkylation sites (tertiary alicyclic amines) is 2. The van der Waals surface area contributed by atoms with Crippen LogP contribution in [-0.4, -0.2) is 64.7 Å². The van der Waals surface area contributed by atoms with Crippen LogP contribution in [0, 0.1) is 29.4 Å². The van der Waals surface area contributed by atoms with E-state index in [4.69, 9.17) is 0 Å². The van der Waals surface area contributed by atoms with Crippen molar-refractivity contribution in [3.63, 3.8) is 0 Å². The lowest BCUT2D eigenvalue weighted by Crippen LogP contribution is -2.44. The van der Waals surface area contributed by atoms with Crippen molar-refractivity contribution >= 4 is 5.97 Å². The number of carboxylic acids is 1. The molecule has 2 fully saturated rings. The number of aliphatic hydroxyl groups is 1. The molecule has 2 heterocycles. The number of carbonyl (C=O) groups is 1. The van der Waals surface area contributed by atoms with Crippen LogP contribution in [0.2, 0.25) is 0 Å². The highest BCUT2D eigenvalue weighted by Gasteiger charge is 2.41. The highest BCUT2D eigenvalue weighted by atomic mass is 19.2. The zero-order valence-electron chi connectivity index (χ0n) is 21.9. The molecule has 2 N–H and O–H groups in total. The number of hydrogen-bond donors (Lipinski definition) is 2. The molecule has 2 saturated heterocycles. The Bertz CT molecular complexity index is 1030. The van der Waals surface area contributed by atoms with Crippen LogP contribution in [0.15, 0.2) is 48.5 Å². The Morgan fingerprint density at radius 2 is 1.73 bits per heavy atom. The molecule has 5 nitrogen and oxygen atoms in total. The molecule has 2 aliphatic heterocycles. The summed E-state index contributed by atoms with van der Waals surface area (Å²) in [5, 5.41) is 20.3. The number of hydrogen-bond acceptors (Lipinski definition) is 4. The molecule has 7 heteroatoms. The van der Waals surface area contributed by atoms with E-state index < -0.39 is 29.7 Å². The van der Waals surface area contributed by atoms with Gasteiger partial charge in [-0.2, -0.15) is 0 Å². The molecule has 202 valence electrons. The van der Waals surface area contributed by atoms with Crippen LogP contribution in [0.3, 0.4) is 0 Å². The first kappa shape index (κ1) is 27.7. The molecular formula is C30H40F2N2O3. The highest BCUT2D eigenvalue weighted by Crippen LogP contribution is 2.36. The van der Waals surface area contributed by atoms with Crippen molar-refractivity contribution < 1.29 is 23.8 Å². The van der Waals surface area contributed by atoms with E-state index in [0.717, 1.165) is 64.1 Å². The quantitative estimate of drug-likeness (QED) is 0.450. The summed E-state index contributed by atoms with van der Waals surface area (Å²) in [4.78, 5) is 16.7. The van der Waals surface area contributed by atoms with Gasteiger partial charge in [-0.3, -0.25) is 9.69 Å². The van der Waals surface area contributed by atoms with Crippen molar-refractivity contribution in [3.05, 3.63) is 71.3 Å². The van der Waals surface area contributed by atoms with Crippen LogP contribution in [-0.2, 0) is 4.79 Å². The van der Waals surface area contributed by atoms with Gasteiger partial charge >= 0.3 is 5.97 Å². The van der Waals surface area contributed by atoms with Crippen LogP contribution in [0.4, 0.5) is 8.78 Å². The number of aliphatic carboxylic acids is 1. The molecule has 0 radical (unpaired) electrons. The molecule has 4 rings (SSSR count). The Labute approximate surface area is 219 Å². The topological polar surface area (TPSA) is 64.0 Å². The Morgan fingerprint density at radius 1 is 1.03 bits per heavy atom. The van der Waals surface area contributed by atoms with Crippen molar-refractivity contribution in [1.29, 1.82) is 0 Å². The van der Waals surface area contributed by atoms with Crippen LogP contribution < -0.4 is 0 Å². The summed E-state index contributed by atoms with van der Waals surface area (Å²) in [5.41, 5.74) is 1.71. The number of benzene rings is 2. The minimum Gasteiger partial charge on any atom is -0.480 e. The van der Waals surface area contributed by atoms with Crippen molar-refractivity contribution in [2.24, 2.45) is 17.8 Å². The van der Waals surface area contributed by atoms with Gasteiger partial charge < -0.3 is 15.1 Å². The third-order valence-electron chi connectivity index (χ3n) is 8.35. The fraction of sp³-hybridized carbons (Fsp3) is 0.567. The van der Waals surface area contributed by atoms with E-state index in [1.165, 1.54) is 11.6 Å². The molecule has 0 aromatic heterocycles. The van der Waals surface area contributed by atoms with Crippen LogP contribution in [0.5, 0.6) is 0 Å². The van der Waals surface area contributed by atoms with E-state index in [2.05, 4.69) is 34.1 Å². The Morgan fingerprint density at radius 3 is 2.35 bits per heavy atom. The smallest absolute Gasteiger partial charge is 0.321 e. The minimum absolute atomic E-state index is 0.0465. The lowest BCUT2D eigenvalue weighted by Gasteiger charge is -2.35. The van der Waals surface area contributed by atoms with E-state index in [1.807, 2.05) is 19.9 Å². The van der Waals surface area contributed by atoms with Gasteiger partial charge in [-0.15, -0.1) is 0 Å². The number of rotatable bonds is 10. The van der Waals surface area contributed by atoms with Crippen molar-refractivity contribution in [2.45, 2.75) is 57.6 Å². The summed E-state index contributed by atoms with van der Waals surface area (Å²) in [7, 11) is 0. The molecular weight excluding hydrogens is 474 g/mol. The van der Waals surface area contributed by atoms with Gasteiger partial charge in [-0.25, -0.2) is 8.78 Å². The monoisotopic (exact) mass is 514 g/mol. The van der Waals surface area contributed by atoms with E-state index in [-0.39, 0.29) is 5.92 Å². The number of piperidine rings is 1. The normalized spacial score (nSPS) is 23.4. The highest BCUT2D eigenvalue weighted by molar-refractivity contribution is 5.73. The molecule has 0 spiro atoms. The third-order valence-corrected chi connectivity index (χ3v) is 8.35. The number of nitrogens with zero attached hydrogens (tertiary/aromatic N) is 2. The second-order valence-corrected chi connectivity index (χ2v) is 11.3. The Balaban J connectivity index is 1.32. The first-order valence-corrected chi connectivity index (χ1v) is 13.6. The second kappa shape index (κ2) is 12.5. The van der Waals surface area contributed by atoms with Crippen LogP contribution >= 0.6 is 0 Å². The maximum atomic E-state index is 13.5. The minimum atomic E-state index is -0.924. The molecule has 0 aliphatic carbocycles. The predicted molar refractivity (Wildman–Crippen MR) is 140 cm³/mol. The van der Waals surface area contributed by atoms with E-state index in [9.17, 15) is 23.8 Å². The van der Waals surface area contributed by atoms with Crippen LogP contribution in [0.1, 0.15) is 62.7 Å². The van der Waals surface area contributed by atoms with Gasteiger partial charge in [0, 0.05) is 25.6 Å². The van der Waals surface area contributed by atoms with Gasteiger partial charge in [0.25, 0.3) is 0 Å². The van der Waals surface area contributed by atoms with Gasteiger partial charge in [0.1, 0.15) is 6.04 Å². The number of halogens is 2. The molecule has 2 aromatic rings. The standard InChI is InChI=1S/C30H40F2N2O3/c1-20(2)29(30(36)37)34-18-24(25(19-34)22-6-4-3-5-7-22)17-33-14-12-21(13-15-33)8-11-28(35)23-9-10-26(31)27(32)16-23/h3-7,9-10,16,20-21,24-25,28-29,35H,8,11-15,17-19H2,1-2H3,(H,36,37)/t24?,25?,28?,29-/m1/s1. The summed E-state index contributed by atoms with van der Waals surface area (Å²) >= 11 is 0. The summed E-state index contributed by atoms with van der Waals surface area (Å²) in [6, 6.07) is 13.6. The number of aliphatic hydroxyl groups excluding tert-OH is 1. The van der Waals surface area contributed by atoms with Crippen molar-refractivity contribution in [3.8, 4) is 0 Å². The Kier molecular flexibility index (Phi) is 9.32.